The quantitative estimate of drug-likeness (QED) is 0.895. The van der Waals surface area contributed by atoms with E-state index in [9.17, 15) is 4.79 Å². The summed E-state index contributed by atoms with van der Waals surface area (Å²) in [4.78, 5) is 10.9. The Morgan fingerprint density at radius 1 is 1.22 bits per heavy atom. The number of aromatic nitrogens is 3. The van der Waals surface area contributed by atoms with E-state index in [-0.39, 0.29) is 6.42 Å². The van der Waals surface area contributed by atoms with Gasteiger partial charge in [0.2, 0.25) is 0 Å². The first-order chi connectivity index (χ1) is 8.47. The van der Waals surface area contributed by atoms with Gasteiger partial charge in [-0.15, -0.1) is 5.10 Å². The zero-order valence-electron chi connectivity index (χ0n) is 10.6. The summed E-state index contributed by atoms with van der Waals surface area (Å²) in [5, 5.41) is 16.9. The molecule has 0 unspecified atom stereocenters. The topological polar surface area (TPSA) is 68.0 Å². The van der Waals surface area contributed by atoms with Crippen molar-refractivity contribution in [3.05, 3.63) is 40.7 Å². The maximum absolute atomic E-state index is 10.9. The number of carboxylic acid groups (broad SMARTS) is 1. The highest BCUT2D eigenvalue weighted by molar-refractivity contribution is 5.70. The molecule has 5 nitrogen and oxygen atoms in total. The SMILES string of the molecule is Cc1cc(C)cc(-n2nnc(C)c2CC(=O)O)c1. The van der Waals surface area contributed by atoms with E-state index in [1.807, 2.05) is 26.0 Å². The molecule has 2 rings (SSSR count). The van der Waals surface area contributed by atoms with Crippen LogP contribution in [-0.2, 0) is 11.2 Å². The second-order valence-corrected chi connectivity index (χ2v) is 4.45. The predicted molar refractivity (Wildman–Crippen MR) is 66.9 cm³/mol. The molecule has 0 radical (unpaired) electrons. The molecule has 0 amide bonds. The smallest absolute Gasteiger partial charge is 0.309 e. The van der Waals surface area contributed by atoms with Crippen LogP contribution in [0.1, 0.15) is 22.5 Å². The van der Waals surface area contributed by atoms with Gasteiger partial charge in [-0.25, -0.2) is 4.68 Å². The van der Waals surface area contributed by atoms with Crippen LogP contribution in [0.4, 0.5) is 0 Å². The minimum atomic E-state index is -0.883. The van der Waals surface area contributed by atoms with Gasteiger partial charge >= 0.3 is 5.97 Å². The van der Waals surface area contributed by atoms with Crippen molar-refractivity contribution in [2.75, 3.05) is 0 Å². The number of hydrogen-bond donors (Lipinski definition) is 1. The highest BCUT2D eigenvalue weighted by atomic mass is 16.4. The van der Waals surface area contributed by atoms with Crippen LogP contribution < -0.4 is 0 Å². The van der Waals surface area contributed by atoms with E-state index >= 15 is 0 Å². The summed E-state index contributed by atoms with van der Waals surface area (Å²) < 4.78 is 1.60. The Morgan fingerprint density at radius 3 is 2.39 bits per heavy atom. The van der Waals surface area contributed by atoms with E-state index in [0.717, 1.165) is 16.8 Å². The molecule has 1 aromatic carbocycles. The summed E-state index contributed by atoms with van der Waals surface area (Å²) in [6.07, 6.45) is -0.0776. The number of benzene rings is 1. The van der Waals surface area contributed by atoms with Crippen LogP contribution in [-0.4, -0.2) is 26.1 Å². The second kappa shape index (κ2) is 4.60. The number of carbonyl (C=O) groups is 1. The lowest BCUT2D eigenvalue weighted by Gasteiger charge is -2.07. The second-order valence-electron chi connectivity index (χ2n) is 4.45. The summed E-state index contributed by atoms with van der Waals surface area (Å²) in [7, 11) is 0. The van der Waals surface area contributed by atoms with Crippen molar-refractivity contribution in [3.8, 4) is 5.69 Å². The number of nitrogens with zero attached hydrogens (tertiary/aromatic N) is 3. The van der Waals surface area contributed by atoms with Gasteiger partial charge in [-0.1, -0.05) is 11.3 Å². The largest absolute Gasteiger partial charge is 0.481 e. The van der Waals surface area contributed by atoms with Crippen molar-refractivity contribution in [3.63, 3.8) is 0 Å². The fourth-order valence-corrected chi connectivity index (χ4v) is 2.00. The van der Waals surface area contributed by atoms with Crippen molar-refractivity contribution in [2.24, 2.45) is 0 Å². The first-order valence-corrected chi connectivity index (χ1v) is 5.69. The Kier molecular flexibility index (Phi) is 3.14. The van der Waals surface area contributed by atoms with Crippen molar-refractivity contribution >= 4 is 5.97 Å². The van der Waals surface area contributed by atoms with Gasteiger partial charge in [0, 0.05) is 0 Å². The summed E-state index contributed by atoms with van der Waals surface area (Å²) in [6, 6.07) is 5.99. The summed E-state index contributed by atoms with van der Waals surface area (Å²) >= 11 is 0. The molecule has 1 aromatic heterocycles. The number of aryl methyl sites for hydroxylation is 3. The first kappa shape index (κ1) is 12.3. The lowest BCUT2D eigenvalue weighted by molar-refractivity contribution is -0.136. The summed E-state index contributed by atoms with van der Waals surface area (Å²) in [5.74, 6) is -0.883. The van der Waals surface area contributed by atoms with E-state index in [2.05, 4.69) is 16.4 Å². The highest BCUT2D eigenvalue weighted by Crippen LogP contribution is 2.16. The molecule has 94 valence electrons. The molecule has 0 aliphatic carbocycles. The minimum Gasteiger partial charge on any atom is -0.481 e. The molecular weight excluding hydrogens is 230 g/mol. The molecule has 1 N–H and O–H groups in total. The van der Waals surface area contributed by atoms with Crippen LogP contribution in [0.15, 0.2) is 18.2 Å². The Morgan fingerprint density at radius 2 is 1.83 bits per heavy atom. The monoisotopic (exact) mass is 245 g/mol. The van der Waals surface area contributed by atoms with E-state index in [1.165, 1.54) is 0 Å². The fourth-order valence-electron chi connectivity index (χ4n) is 2.00. The molecule has 2 aromatic rings. The molecule has 0 aliphatic heterocycles. The summed E-state index contributed by atoms with van der Waals surface area (Å²) in [5.41, 5.74) is 4.34. The lowest BCUT2D eigenvalue weighted by atomic mass is 10.1. The maximum Gasteiger partial charge on any atom is 0.309 e. The van der Waals surface area contributed by atoms with Crippen molar-refractivity contribution in [1.29, 1.82) is 0 Å². The zero-order valence-corrected chi connectivity index (χ0v) is 10.6. The fraction of sp³-hybridized carbons (Fsp3) is 0.308. The van der Waals surface area contributed by atoms with Crippen LogP contribution in [0.3, 0.4) is 0 Å². The molecule has 0 fully saturated rings. The van der Waals surface area contributed by atoms with E-state index in [1.54, 1.807) is 11.6 Å². The maximum atomic E-state index is 10.9. The van der Waals surface area contributed by atoms with Gasteiger partial charge in [0.1, 0.15) is 0 Å². The Labute approximate surface area is 105 Å². The average Bonchev–Trinajstić information content (AvgIpc) is 2.58. The van der Waals surface area contributed by atoms with Crippen LogP contribution in [0.5, 0.6) is 0 Å². The van der Waals surface area contributed by atoms with Crippen LogP contribution >= 0.6 is 0 Å². The molecular formula is C13H15N3O2. The molecule has 0 spiro atoms. The number of hydrogen-bond acceptors (Lipinski definition) is 3. The lowest BCUT2D eigenvalue weighted by Crippen LogP contribution is -2.09. The highest BCUT2D eigenvalue weighted by Gasteiger charge is 2.14. The van der Waals surface area contributed by atoms with Gasteiger partial charge in [-0.05, 0) is 44.0 Å². The minimum absolute atomic E-state index is 0.0776. The molecule has 18 heavy (non-hydrogen) atoms. The van der Waals surface area contributed by atoms with Crippen molar-refractivity contribution in [2.45, 2.75) is 27.2 Å². The van der Waals surface area contributed by atoms with E-state index in [0.29, 0.717) is 11.4 Å². The molecule has 0 saturated carbocycles. The Hall–Kier alpha value is -2.17. The Balaban J connectivity index is 2.53. The van der Waals surface area contributed by atoms with Crippen LogP contribution in [0, 0.1) is 20.8 Å². The number of rotatable bonds is 3. The van der Waals surface area contributed by atoms with Crippen LogP contribution in [0.2, 0.25) is 0 Å². The van der Waals surface area contributed by atoms with Gasteiger partial charge < -0.3 is 5.11 Å². The molecule has 0 aliphatic rings. The number of carboxylic acids is 1. The van der Waals surface area contributed by atoms with Gasteiger partial charge in [0.05, 0.1) is 23.5 Å². The number of aliphatic carboxylic acids is 1. The normalized spacial score (nSPS) is 10.6. The van der Waals surface area contributed by atoms with Gasteiger partial charge in [0.15, 0.2) is 0 Å². The molecule has 0 atom stereocenters. The standard InChI is InChI=1S/C13H15N3O2/c1-8-4-9(2)6-11(5-8)16-12(7-13(17)18)10(3)14-15-16/h4-6H,7H2,1-3H3,(H,17,18). The average molecular weight is 245 g/mol. The van der Waals surface area contributed by atoms with E-state index in [4.69, 9.17) is 5.11 Å². The third-order valence-electron chi connectivity index (χ3n) is 2.73. The van der Waals surface area contributed by atoms with E-state index < -0.39 is 5.97 Å². The van der Waals surface area contributed by atoms with Gasteiger partial charge in [-0.3, -0.25) is 4.79 Å². The third kappa shape index (κ3) is 2.40. The van der Waals surface area contributed by atoms with Crippen molar-refractivity contribution < 1.29 is 9.90 Å². The first-order valence-electron chi connectivity index (χ1n) is 5.69. The Bertz CT molecular complexity index is 582. The molecule has 5 heteroatoms. The zero-order chi connectivity index (χ0) is 13.3. The van der Waals surface area contributed by atoms with Gasteiger partial charge in [-0.2, -0.15) is 0 Å². The van der Waals surface area contributed by atoms with Crippen LogP contribution in [0.25, 0.3) is 5.69 Å². The molecule has 0 bridgehead atoms. The molecule has 0 saturated heterocycles. The molecule has 1 heterocycles. The van der Waals surface area contributed by atoms with Gasteiger partial charge in [0.25, 0.3) is 0 Å². The summed E-state index contributed by atoms with van der Waals surface area (Å²) in [6.45, 7) is 5.76. The predicted octanol–water partition coefficient (Wildman–Crippen LogP) is 1.82. The third-order valence-corrected chi connectivity index (χ3v) is 2.73. The van der Waals surface area contributed by atoms with Crippen molar-refractivity contribution in [1.82, 2.24) is 15.0 Å².